The number of unbranched alkanes of at least 4 members (excludes halogenated alkanes) is 1. The number of imide groups is 2. The van der Waals surface area contributed by atoms with Gasteiger partial charge in [-0.15, -0.1) is 10.2 Å². The summed E-state index contributed by atoms with van der Waals surface area (Å²) in [6.07, 6.45) is 1.46. The van der Waals surface area contributed by atoms with Crippen LogP contribution in [0.15, 0.2) is 28.7 Å². The highest BCUT2D eigenvalue weighted by Gasteiger charge is 2.44. The molecule has 0 spiro atoms. The first-order valence-electron chi connectivity index (χ1n) is 8.08. The molecule has 1 aromatic carbocycles. The number of rotatable bonds is 6. The van der Waals surface area contributed by atoms with Crippen LogP contribution in [0.5, 0.6) is 0 Å². The third-order valence-electron chi connectivity index (χ3n) is 3.93. The maximum Gasteiger partial charge on any atom is 0.334 e. The predicted molar refractivity (Wildman–Crippen MR) is 87.0 cm³/mol. The van der Waals surface area contributed by atoms with Gasteiger partial charge in [0.2, 0.25) is 11.8 Å². The standard InChI is InChI=1S/C17H18N4O4/c1-3-4-9-20-15(22)16(23)21(17(20)24)10-13-18-19-14(25-13)12-7-5-11(2)6-8-12/h5-8H,3-4,9-10H2,1-2H3. The lowest BCUT2D eigenvalue weighted by molar-refractivity contribution is -0.143. The Morgan fingerprint density at radius 1 is 1.00 bits per heavy atom. The Morgan fingerprint density at radius 2 is 1.68 bits per heavy atom. The van der Waals surface area contributed by atoms with Gasteiger partial charge in [0.25, 0.3) is 0 Å². The van der Waals surface area contributed by atoms with Crippen LogP contribution < -0.4 is 0 Å². The van der Waals surface area contributed by atoms with Crippen LogP contribution in [0.3, 0.4) is 0 Å². The second-order valence-corrected chi connectivity index (χ2v) is 5.85. The monoisotopic (exact) mass is 342 g/mol. The molecule has 8 heteroatoms. The number of urea groups is 1. The second kappa shape index (κ2) is 6.84. The van der Waals surface area contributed by atoms with Crippen molar-refractivity contribution in [3.05, 3.63) is 35.7 Å². The van der Waals surface area contributed by atoms with Crippen LogP contribution in [0, 0.1) is 6.92 Å². The summed E-state index contributed by atoms with van der Waals surface area (Å²) >= 11 is 0. The quantitative estimate of drug-likeness (QED) is 0.589. The SMILES string of the molecule is CCCCN1C(=O)C(=O)N(Cc2nnc(-c3ccc(C)cc3)o2)C1=O. The summed E-state index contributed by atoms with van der Waals surface area (Å²) in [4.78, 5) is 38.0. The van der Waals surface area contributed by atoms with Gasteiger partial charge < -0.3 is 4.42 Å². The lowest BCUT2D eigenvalue weighted by Gasteiger charge is -2.13. The predicted octanol–water partition coefficient (Wildman–Crippen LogP) is 2.14. The smallest absolute Gasteiger partial charge is 0.334 e. The zero-order valence-corrected chi connectivity index (χ0v) is 14.1. The average molecular weight is 342 g/mol. The van der Waals surface area contributed by atoms with E-state index >= 15 is 0 Å². The minimum atomic E-state index is -0.865. The number of aryl methyl sites for hydroxylation is 1. The number of hydrogen-bond acceptors (Lipinski definition) is 6. The third-order valence-corrected chi connectivity index (χ3v) is 3.93. The second-order valence-electron chi connectivity index (χ2n) is 5.85. The summed E-state index contributed by atoms with van der Waals surface area (Å²) in [7, 11) is 0. The van der Waals surface area contributed by atoms with Gasteiger partial charge in [-0.25, -0.2) is 9.69 Å². The molecule has 1 saturated heterocycles. The Hall–Kier alpha value is -3.03. The van der Waals surface area contributed by atoms with Gasteiger partial charge >= 0.3 is 17.8 Å². The Morgan fingerprint density at radius 3 is 2.36 bits per heavy atom. The number of carbonyl (C=O) groups is 3. The topological polar surface area (TPSA) is 96.6 Å². The van der Waals surface area contributed by atoms with E-state index < -0.39 is 17.8 Å². The van der Waals surface area contributed by atoms with Crippen LogP contribution in [0.4, 0.5) is 4.79 Å². The largest absolute Gasteiger partial charge is 0.419 e. The number of carbonyl (C=O) groups excluding carboxylic acids is 3. The molecule has 1 aromatic heterocycles. The van der Waals surface area contributed by atoms with Gasteiger partial charge in [-0.2, -0.15) is 0 Å². The van der Waals surface area contributed by atoms with Crippen molar-refractivity contribution in [3.63, 3.8) is 0 Å². The maximum absolute atomic E-state index is 12.3. The molecule has 1 fully saturated rings. The molecule has 1 aliphatic rings. The molecular weight excluding hydrogens is 324 g/mol. The van der Waals surface area contributed by atoms with Gasteiger partial charge in [-0.3, -0.25) is 14.5 Å². The molecule has 8 nitrogen and oxygen atoms in total. The van der Waals surface area contributed by atoms with E-state index in [4.69, 9.17) is 4.42 Å². The van der Waals surface area contributed by atoms with E-state index in [1.54, 1.807) is 0 Å². The molecule has 0 radical (unpaired) electrons. The molecule has 4 amide bonds. The minimum absolute atomic E-state index is 0.0995. The van der Waals surface area contributed by atoms with E-state index in [9.17, 15) is 14.4 Å². The summed E-state index contributed by atoms with van der Waals surface area (Å²) in [5.41, 5.74) is 1.84. The summed E-state index contributed by atoms with van der Waals surface area (Å²) in [5, 5.41) is 7.80. The lowest BCUT2D eigenvalue weighted by atomic mass is 10.1. The first kappa shape index (κ1) is 16.8. The van der Waals surface area contributed by atoms with Crippen LogP contribution in [-0.4, -0.2) is 44.4 Å². The van der Waals surface area contributed by atoms with Crippen LogP contribution >= 0.6 is 0 Å². The number of hydrogen-bond donors (Lipinski definition) is 0. The zero-order chi connectivity index (χ0) is 18.0. The molecule has 2 aromatic rings. The zero-order valence-electron chi connectivity index (χ0n) is 14.1. The van der Waals surface area contributed by atoms with Crippen molar-refractivity contribution in [2.24, 2.45) is 0 Å². The van der Waals surface area contributed by atoms with E-state index in [0.717, 1.165) is 27.3 Å². The highest BCUT2D eigenvalue weighted by Crippen LogP contribution is 2.21. The van der Waals surface area contributed by atoms with E-state index in [1.165, 1.54) is 0 Å². The lowest BCUT2D eigenvalue weighted by Crippen LogP contribution is -2.33. The van der Waals surface area contributed by atoms with Crippen LogP contribution in [-0.2, 0) is 16.1 Å². The number of aromatic nitrogens is 2. The van der Waals surface area contributed by atoms with Crippen molar-refractivity contribution in [3.8, 4) is 11.5 Å². The van der Waals surface area contributed by atoms with E-state index in [0.29, 0.717) is 12.3 Å². The fourth-order valence-electron chi connectivity index (χ4n) is 2.47. The van der Waals surface area contributed by atoms with Crippen molar-refractivity contribution < 1.29 is 18.8 Å². The molecule has 3 rings (SSSR count). The average Bonchev–Trinajstić information content (AvgIpc) is 3.14. The van der Waals surface area contributed by atoms with Gasteiger partial charge in [-0.1, -0.05) is 31.0 Å². The number of amides is 4. The summed E-state index contributed by atoms with van der Waals surface area (Å²) in [6.45, 7) is 3.92. The van der Waals surface area contributed by atoms with E-state index in [1.807, 2.05) is 38.1 Å². The van der Waals surface area contributed by atoms with Gasteiger partial charge in [0, 0.05) is 12.1 Å². The Bertz CT molecular complexity index is 812. The highest BCUT2D eigenvalue weighted by molar-refractivity contribution is 6.44. The van der Waals surface area contributed by atoms with E-state index in [-0.39, 0.29) is 19.0 Å². The van der Waals surface area contributed by atoms with Gasteiger partial charge in [0.15, 0.2) is 0 Å². The van der Waals surface area contributed by atoms with Crippen LogP contribution in [0.1, 0.15) is 31.2 Å². The Balaban J connectivity index is 1.74. The molecule has 2 heterocycles. The van der Waals surface area contributed by atoms with Crippen molar-refractivity contribution >= 4 is 17.8 Å². The Labute approximate surface area is 144 Å². The molecular formula is C17H18N4O4. The van der Waals surface area contributed by atoms with Crippen LogP contribution in [0.2, 0.25) is 0 Å². The molecule has 0 N–H and O–H groups in total. The highest BCUT2D eigenvalue weighted by atomic mass is 16.4. The fourth-order valence-corrected chi connectivity index (χ4v) is 2.47. The van der Waals surface area contributed by atoms with E-state index in [2.05, 4.69) is 10.2 Å². The first-order chi connectivity index (χ1) is 12.0. The molecule has 1 aliphatic heterocycles. The molecule has 0 unspecified atom stereocenters. The Kier molecular flexibility index (Phi) is 4.60. The third kappa shape index (κ3) is 3.28. The summed E-state index contributed by atoms with van der Waals surface area (Å²) < 4.78 is 5.52. The van der Waals surface area contributed by atoms with Crippen molar-refractivity contribution in [2.75, 3.05) is 6.54 Å². The fraction of sp³-hybridized carbons (Fsp3) is 0.353. The molecule has 0 atom stereocenters. The summed E-state index contributed by atoms with van der Waals surface area (Å²) in [5.74, 6) is -1.28. The summed E-state index contributed by atoms with van der Waals surface area (Å²) in [6, 6.07) is 6.87. The minimum Gasteiger partial charge on any atom is -0.419 e. The van der Waals surface area contributed by atoms with Gasteiger partial charge in [-0.05, 0) is 25.5 Å². The molecule has 25 heavy (non-hydrogen) atoms. The molecule has 0 saturated carbocycles. The van der Waals surface area contributed by atoms with Gasteiger partial charge in [0.05, 0.1) is 0 Å². The number of nitrogens with zero attached hydrogens (tertiary/aromatic N) is 4. The maximum atomic E-state index is 12.3. The molecule has 0 bridgehead atoms. The molecule has 0 aliphatic carbocycles. The van der Waals surface area contributed by atoms with Gasteiger partial charge in [0.1, 0.15) is 6.54 Å². The first-order valence-corrected chi connectivity index (χ1v) is 8.08. The van der Waals surface area contributed by atoms with Crippen molar-refractivity contribution in [1.29, 1.82) is 0 Å². The van der Waals surface area contributed by atoms with Crippen molar-refractivity contribution in [2.45, 2.75) is 33.2 Å². The molecule has 130 valence electrons. The van der Waals surface area contributed by atoms with Crippen LogP contribution in [0.25, 0.3) is 11.5 Å². The van der Waals surface area contributed by atoms with Crippen molar-refractivity contribution in [1.82, 2.24) is 20.0 Å². The number of benzene rings is 1. The normalized spacial score (nSPS) is 14.7.